The summed E-state index contributed by atoms with van der Waals surface area (Å²) in [5, 5.41) is 2.62. The van der Waals surface area contributed by atoms with Gasteiger partial charge in [0, 0.05) is 56.2 Å². The number of nitrogens with one attached hydrogen (secondary N) is 2. The Hall–Kier alpha value is -3.20. The Morgan fingerprint density at radius 2 is 1.97 bits per heavy atom. The lowest BCUT2D eigenvalue weighted by molar-refractivity contribution is -0.134. The first-order chi connectivity index (χ1) is 14.9. The number of carbonyl (C=O) groups excluding carboxylic acids is 3. The van der Waals surface area contributed by atoms with Gasteiger partial charge in [-0.2, -0.15) is 0 Å². The summed E-state index contributed by atoms with van der Waals surface area (Å²) in [6.45, 7) is 2.59. The molecule has 164 valence electrons. The van der Waals surface area contributed by atoms with Crippen molar-refractivity contribution in [1.82, 2.24) is 14.8 Å². The Morgan fingerprint density at radius 1 is 1.19 bits per heavy atom. The van der Waals surface area contributed by atoms with E-state index in [0.717, 1.165) is 37.7 Å². The fraction of sp³-hybridized carbons (Fsp3) is 0.409. The second-order valence-electron chi connectivity index (χ2n) is 7.90. The van der Waals surface area contributed by atoms with Crippen LogP contribution in [-0.2, 0) is 11.2 Å². The molecule has 1 saturated heterocycles. The van der Waals surface area contributed by atoms with Crippen LogP contribution in [0.3, 0.4) is 0 Å². The molecule has 1 aromatic carbocycles. The molecule has 1 aromatic heterocycles. The number of aromatic nitrogens is 1. The largest absolute Gasteiger partial charge is 0.481 e. The molecule has 2 N–H and O–H groups in total. The second kappa shape index (κ2) is 8.89. The number of benzene rings is 1. The van der Waals surface area contributed by atoms with E-state index in [9.17, 15) is 18.8 Å². The molecule has 31 heavy (non-hydrogen) atoms. The molecule has 8 nitrogen and oxygen atoms in total. The summed E-state index contributed by atoms with van der Waals surface area (Å²) in [5.74, 6) is -1.48. The van der Waals surface area contributed by atoms with Crippen molar-refractivity contribution >= 4 is 23.3 Å². The number of nitrogens with zero attached hydrogens (tertiary/aromatic N) is 2. The first-order valence-electron chi connectivity index (χ1n) is 10.4. The van der Waals surface area contributed by atoms with Gasteiger partial charge in [-0.15, -0.1) is 0 Å². The van der Waals surface area contributed by atoms with Gasteiger partial charge >= 0.3 is 0 Å². The summed E-state index contributed by atoms with van der Waals surface area (Å²) in [6, 6.07) is 4.01. The Balaban J connectivity index is 1.37. The monoisotopic (exact) mass is 428 g/mol. The Morgan fingerprint density at radius 3 is 2.71 bits per heavy atom. The van der Waals surface area contributed by atoms with Crippen LogP contribution in [0.4, 0.5) is 10.1 Å². The molecule has 4 rings (SSSR count). The van der Waals surface area contributed by atoms with Gasteiger partial charge in [0.15, 0.2) is 24.0 Å². The van der Waals surface area contributed by atoms with Crippen LogP contribution in [-0.4, -0.2) is 72.2 Å². The molecule has 0 radical (unpaired) electrons. The van der Waals surface area contributed by atoms with Gasteiger partial charge in [-0.25, -0.2) is 4.39 Å². The van der Waals surface area contributed by atoms with Gasteiger partial charge in [-0.1, -0.05) is 0 Å². The molecule has 1 fully saturated rings. The fourth-order valence-electron chi connectivity index (χ4n) is 3.89. The number of piperazine rings is 1. The first kappa shape index (κ1) is 21.0. The minimum atomic E-state index is -0.684. The van der Waals surface area contributed by atoms with E-state index >= 15 is 0 Å². The molecule has 2 amide bonds. The zero-order valence-electron chi connectivity index (χ0n) is 17.4. The molecule has 0 atom stereocenters. The number of anilines is 1. The fourth-order valence-corrected chi connectivity index (χ4v) is 3.89. The summed E-state index contributed by atoms with van der Waals surface area (Å²) in [4.78, 5) is 43.9. The standard InChI is InChI=1S/C22H25FN4O4/c1-26-7-9-27(10-8-26)20(29)13-31-19-6-5-14(11-16(19)23)25-22(30)15-12-24-17-3-2-4-18(28)21(15)17/h5-6,11-12,24H,2-4,7-10,13H2,1H3,(H,25,30). The van der Waals surface area contributed by atoms with Crippen molar-refractivity contribution in [3.05, 3.63) is 47.0 Å². The predicted octanol–water partition coefficient (Wildman–Crippen LogP) is 2.08. The van der Waals surface area contributed by atoms with E-state index in [1.807, 2.05) is 7.05 Å². The molecule has 2 aliphatic rings. The van der Waals surface area contributed by atoms with Crippen molar-refractivity contribution in [2.45, 2.75) is 19.3 Å². The minimum Gasteiger partial charge on any atom is -0.481 e. The number of aromatic amines is 1. The third kappa shape index (κ3) is 4.61. The molecule has 9 heteroatoms. The van der Waals surface area contributed by atoms with Crippen molar-refractivity contribution in [2.24, 2.45) is 0 Å². The number of hydrogen-bond acceptors (Lipinski definition) is 5. The highest BCUT2D eigenvalue weighted by Crippen LogP contribution is 2.26. The Kier molecular flexibility index (Phi) is 6.03. The summed E-state index contributed by atoms with van der Waals surface area (Å²) in [7, 11) is 2.00. The van der Waals surface area contributed by atoms with Gasteiger partial charge in [0.2, 0.25) is 0 Å². The number of hydrogen-bond donors (Lipinski definition) is 2. The third-order valence-corrected chi connectivity index (χ3v) is 5.71. The number of halogens is 1. The van der Waals surface area contributed by atoms with Gasteiger partial charge in [0.1, 0.15) is 0 Å². The number of fused-ring (bicyclic) bond motifs is 1. The summed E-state index contributed by atoms with van der Waals surface area (Å²) >= 11 is 0. The maximum atomic E-state index is 14.5. The van der Waals surface area contributed by atoms with E-state index < -0.39 is 11.7 Å². The number of likely N-dealkylation sites (N-methyl/N-ethyl adjacent to an activating group) is 1. The molecule has 2 aromatic rings. The van der Waals surface area contributed by atoms with Crippen LogP contribution in [0.15, 0.2) is 24.4 Å². The average molecular weight is 428 g/mol. The molecule has 1 aliphatic heterocycles. The van der Waals surface area contributed by atoms with Crippen LogP contribution in [0.25, 0.3) is 0 Å². The SMILES string of the molecule is CN1CCN(C(=O)COc2ccc(NC(=O)c3c[nH]c4c3C(=O)CCC4)cc2F)CC1. The number of ketones is 1. The van der Waals surface area contributed by atoms with Gasteiger partial charge in [0.25, 0.3) is 11.8 Å². The number of carbonyl (C=O) groups is 3. The number of amides is 2. The van der Waals surface area contributed by atoms with E-state index in [-0.39, 0.29) is 35.3 Å². The second-order valence-corrected chi connectivity index (χ2v) is 7.90. The van der Waals surface area contributed by atoms with E-state index in [0.29, 0.717) is 25.1 Å². The topological polar surface area (TPSA) is 94.7 Å². The lowest BCUT2D eigenvalue weighted by atomic mass is 9.93. The van der Waals surface area contributed by atoms with Gasteiger partial charge in [-0.3, -0.25) is 14.4 Å². The first-order valence-corrected chi connectivity index (χ1v) is 10.4. The van der Waals surface area contributed by atoms with Crippen LogP contribution in [0, 0.1) is 5.82 Å². The maximum absolute atomic E-state index is 14.5. The van der Waals surface area contributed by atoms with E-state index in [1.54, 1.807) is 4.90 Å². The zero-order chi connectivity index (χ0) is 22.0. The van der Waals surface area contributed by atoms with E-state index in [2.05, 4.69) is 15.2 Å². The van der Waals surface area contributed by atoms with E-state index in [1.165, 1.54) is 18.3 Å². The van der Waals surface area contributed by atoms with Crippen molar-refractivity contribution in [3.63, 3.8) is 0 Å². The highest BCUT2D eigenvalue weighted by Gasteiger charge is 2.26. The summed E-state index contributed by atoms with van der Waals surface area (Å²) in [5.41, 5.74) is 1.68. The molecule has 0 spiro atoms. The summed E-state index contributed by atoms with van der Waals surface area (Å²) < 4.78 is 19.8. The highest BCUT2D eigenvalue weighted by molar-refractivity contribution is 6.13. The molecule has 0 saturated carbocycles. The van der Waals surface area contributed by atoms with Crippen molar-refractivity contribution in [2.75, 3.05) is 45.2 Å². The molecule has 0 bridgehead atoms. The normalized spacial score (nSPS) is 16.7. The van der Waals surface area contributed by atoms with Gasteiger partial charge < -0.3 is 24.8 Å². The van der Waals surface area contributed by atoms with Gasteiger partial charge in [-0.05, 0) is 32.0 Å². The Labute approximate surface area is 179 Å². The third-order valence-electron chi connectivity index (χ3n) is 5.71. The lowest BCUT2D eigenvalue weighted by Crippen LogP contribution is -2.48. The Bertz CT molecular complexity index is 1010. The van der Waals surface area contributed by atoms with Crippen LogP contribution >= 0.6 is 0 Å². The summed E-state index contributed by atoms with van der Waals surface area (Å²) in [6.07, 6.45) is 3.42. The smallest absolute Gasteiger partial charge is 0.260 e. The minimum absolute atomic E-state index is 0.0605. The van der Waals surface area contributed by atoms with E-state index in [4.69, 9.17) is 4.74 Å². The number of ether oxygens (including phenoxy) is 1. The van der Waals surface area contributed by atoms with Crippen LogP contribution in [0.2, 0.25) is 0 Å². The van der Waals surface area contributed by atoms with Crippen LogP contribution in [0.1, 0.15) is 39.3 Å². The molecular formula is C22H25FN4O4. The van der Waals surface area contributed by atoms with Gasteiger partial charge in [0.05, 0.1) is 11.1 Å². The number of aryl methyl sites for hydroxylation is 1. The van der Waals surface area contributed by atoms with Crippen molar-refractivity contribution in [3.8, 4) is 5.75 Å². The quantitative estimate of drug-likeness (QED) is 0.761. The zero-order valence-corrected chi connectivity index (χ0v) is 17.4. The van der Waals surface area contributed by atoms with Crippen LogP contribution < -0.4 is 10.1 Å². The number of H-pyrrole nitrogens is 1. The predicted molar refractivity (Wildman–Crippen MR) is 112 cm³/mol. The van der Waals surface area contributed by atoms with Crippen molar-refractivity contribution < 1.29 is 23.5 Å². The molecular weight excluding hydrogens is 403 g/mol. The maximum Gasteiger partial charge on any atom is 0.260 e. The van der Waals surface area contributed by atoms with Crippen LogP contribution in [0.5, 0.6) is 5.75 Å². The average Bonchev–Trinajstić information content (AvgIpc) is 3.19. The number of Topliss-reactive ketones (excluding diaryl/α,β-unsaturated/α-hetero) is 1. The molecule has 0 unspecified atom stereocenters. The van der Waals surface area contributed by atoms with Crippen molar-refractivity contribution in [1.29, 1.82) is 0 Å². The lowest BCUT2D eigenvalue weighted by Gasteiger charge is -2.32. The number of rotatable bonds is 5. The highest BCUT2D eigenvalue weighted by atomic mass is 19.1. The molecule has 2 heterocycles. The molecule has 1 aliphatic carbocycles.